The monoisotopic (exact) mass is 479 g/mol. The van der Waals surface area contributed by atoms with Gasteiger partial charge in [-0.3, -0.25) is 9.36 Å². The Kier molecular flexibility index (Phi) is 4.70. The average Bonchev–Trinajstić information content (AvgIpc) is 3.11. The van der Waals surface area contributed by atoms with Crippen molar-refractivity contribution in [3.8, 4) is 28.6 Å². The Hall–Kier alpha value is -3.62. The van der Waals surface area contributed by atoms with Gasteiger partial charge in [0.25, 0.3) is 11.3 Å². The van der Waals surface area contributed by atoms with E-state index in [0.717, 1.165) is 12.0 Å². The van der Waals surface area contributed by atoms with Gasteiger partial charge in [-0.2, -0.15) is 9.50 Å². The highest BCUT2D eigenvalue weighted by Crippen LogP contribution is 2.33. The van der Waals surface area contributed by atoms with Gasteiger partial charge in [0.2, 0.25) is 0 Å². The molecule has 4 heterocycles. The van der Waals surface area contributed by atoms with Gasteiger partial charge in [0.05, 0.1) is 34.8 Å². The third-order valence-corrected chi connectivity index (χ3v) is 5.95. The summed E-state index contributed by atoms with van der Waals surface area (Å²) in [6.07, 6.45) is 3.97. The molecule has 164 valence electrons. The highest BCUT2D eigenvalue weighted by Gasteiger charge is 2.17. The zero-order valence-corrected chi connectivity index (χ0v) is 18.5. The quantitative estimate of drug-likeness (QED) is 0.368. The number of hydrogen-bond acceptors (Lipinski definition) is 6. The number of fused-ring (bicyclic) bond motifs is 4. The molecule has 1 aliphatic heterocycles. The Bertz CT molecular complexity index is 1610. The summed E-state index contributed by atoms with van der Waals surface area (Å²) in [7, 11) is 0. The second kappa shape index (κ2) is 7.75. The Morgan fingerprint density at radius 2 is 1.82 bits per heavy atom. The van der Waals surface area contributed by atoms with Crippen LogP contribution < -0.4 is 15.0 Å². The number of hydrogen-bond donors (Lipinski definition) is 0. The van der Waals surface area contributed by atoms with Crippen LogP contribution in [0.5, 0.6) is 11.5 Å². The van der Waals surface area contributed by atoms with Gasteiger partial charge >= 0.3 is 0 Å². The standard InChI is InChI=1S/C23H15Cl2N5O3/c24-14-3-4-18(16(25)11-14)29-7-6-17-15(22(29)31)12-26-23-27-21(28-30(17)23)13-2-5-19-20(10-13)33-9-1-8-32-19/h2-7,10-12H,1,8-9H2. The molecule has 6 rings (SSSR count). The molecule has 10 heteroatoms. The average molecular weight is 480 g/mol. The van der Waals surface area contributed by atoms with E-state index in [0.29, 0.717) is 63.0 Å². The van der Waals surface area contributed by atoms with Crippen molar-refractivity contribution in [1.82, 2.24) is 24.1 Å². The van der Waals surface area contributed by atoms with E-state index < -0.39 is 0 Å². The van der Waals surface area contributed by atoms with Crippen LogP contribution in [0.4, 0.5) is 0 Å². The molecule has 3 aromatic heterocycles. The lowest BCUT2D eigenvalue weighted by molar-refractivity contribution is 0.297. The van der Waals surface area contributed by atoms with Gasteiger partial charge in [-0.1, -0.05) is 23.2 Å². The molecule has 0 unspecified atom stereocenters. The van der Waals surface area contributed by atoms with Crippen LogP contribution in [0.25, 0.3) is 33.8 Å². The first-order valence-electron chi connectivity index (χ1n) is 10.2. The summed E-state index contributed by atoms with van der Waals surface area (Å²) < 4.78 is 14.5. The first-order chi connectivity index (χ1) is 16.1. The molecule has 0 saturated carbocycles. The SMILES string of the molecule is O=c1c2cnc3nc(-c4ccc5c(c4)OCCCO5)nn3c2ccn1-c1ccc(Cl)cc1Cl. The second-order valence-corrected chi connectivity index (χ2v) is 8.35. The van der Waals surface area contributed by atoms with E-state index in [9.17, 15) is 4.79 Å². The van der Waals surface area contributed by atoms with Gasteiger partial charge in [-0.05, 0) is 42.5 Å². The van der Waals surface area contributed by atoms with Crippen LogP contribution in [-0.4, -0.2) is 37.4 Å². The van der Waals surface area contributed by atoms with Crippen LogP contribution in [0.2, 0.25) is 10.0 Å². The lowest BCUT2D eigenvalue weighted by Gasteiger charge is -2.09. The maximum Gasteiger partial charge on any atom is 0.266 e. The van der Waals surface area contributed by atoms with Crippen molar-refractivity contribution in [2.45, 2.75) is 6.42 Å². The molecule has 0 spiro atoms. The molecule has 0 N–H and O–H groups in total. The van der Waals surface area contributed by atoms with Crippen molar-refractivity contribution in [2.75, 3.05) is 13.2 Å². The molecular weight excluding hydrogens is 465 g/mol. The summed E-state index contributed by atoms with van der Waals surface area (Å²) in [5, 5.41) is 5.85. The number of pyridine rings is 1. The first kappa shape index (κ1) is 20.0. The lowest BCUT2D eigenvalue weighted by atomic mass is 10.2. The molecule has 33 heavy (non-hydrogen) atoms. The van der Waals surface area contributed by atoms with Gasteiger partial charge in [0, 0.05) is 29.4 Å². The van der Waals surface area contributed by atoms with Gasteiger partial charge in [-0.15, -0.1) is 5.10 Å². The van der Waals surface area contributed by atoms with Crippen LogP contribution in [0, 0.1) is 0 Å². The van der Waals surface area contributed by atoms with E-state index in [1.807, 2.05) is 18.2 Å². The number of ether oxygens (including phenoxy) is 2. The first-order valence-corrected chi connectivity index (χ1v) is 11.0. The highest BCUT2D eigenvalue weighted by atomic mass is 35.5. The minimum absolute atomic E-state index is 0.279. The third kappa shape index (κ3) is 3.39. The summed E-state index contributed by atoms with van der Waals surface area (Å²) in [6.45, 7) is 1.21. The van der Waals surface area contributed by atoms with E-state index >= 15 is 0 Å². The van der Waals surface area contributed by atoms with Crippen LogP contribution in [0.3, 0.4) is 0 Å². The van der Waals surface area contributed by atoms with Crippen molar-refractivity contribution in [3.63, 3.8) is 0 Å². The molecule has 0 saturated heterocycles. The number of halogens is 2. The molecule has 8 nitrogen and oxygen atoms in total. The van der Waals surface area contributed by atoms with E-state index in [-0.39, 0.29) is 5.56 Å². The Balaban J connectivity index is 1.48. The molecule has 0 bridgehead atoms. The molecule has 0 aliphatic carbocycles. The zero-order valence-electron chi connectivity index (χ0n) is 17.0. The fraction of sp³-hybridized carbons (Fsp3) is 0.130. The van der Waals surface area contributed by atoms with Gasteiger partial charge < -0.3 is 9.47 Å². The highest BCUT2D eigenvalue weighted by molar-refractivity contribution is 6.35. The Morgan fingerprint density at radius 1 is 0.970 bits per heavy atom. The molecule has 0 amide bonds. The van der Waals surface area contributed by atoms with Crippen molar-refractivity contribution >= 4 is 39.9 Å². The normalized spacial score (nSPS) is 13.4. The number of aromatic nitrogens is 5. The molecule has 0 atom stereocenters. The molecular formula is C23H15Cl2N5O3. The maximum atomic E-state index is 13.2. The summed E-state index contributed by atoms with van der Waals surface area (Å²) in [6, 6.07) is 12.3. The maximum absolute atomic E-state index is 13.2. The number of nitrogens with zero attached hydrogens (tertiary/aromatic N) is 5. The molecule has 0 radical (unpaired) electrons. The Labute approximate surface area is 196 Å². The Morgan fingerprint density at radius 3 is 2.67 bits per heavy atom. The fourth-order valence-corrected chi connectivity index (χ4v) is 4.31. The second-order valence-electron chi connectivity index (χ2n) is 7.50. The topological polar surface area (TPSA) is 83.5 Å². The molecule has 0 fully saturated rings. The minimum atomic E-state index is -0.279. The van der Waals surface area contributed by atoms with E-state index in [2.05, 4.69) is 15.1 Å². The third-order valence-electron chi connectivity index (χ3n) is 5.41. The van der Waals surface area contributed by atoms with E-state index in [1.165, 1.54) is 10.8 Å². The van der Waals surface area contributed by atoms with Crippen molar-refractivity contribution in [2.24, 2.45) is 0 Å². The largest absolute Gasteiger partial charge is 0.490 e. The zero-order chi connectivity index (χ0) is 22.5. The summed E-state index contributed by atoms with van der Waals surface area (Å²) in [5.41, 5.74) is 1.59. The van der Waals surface area contributed by atoms with Crippen LogP contribution in [0.1, 0.15) is 6.42 Å². The van der Waals surface area contributed by atoms with Crippen molar-refractivity contribution in [1.29, 1.82) is 0 Å². The van der Waals surface area contributed by atoms with E-state index in [4.69, 9.17) is 32.7 Å². The summed E-state index contributed by atoms with van der Waals surface area (Å²) in [4.78, 5) is 22.1. The van der Waals surface area contributed by atoms with Gasteiger partial charge in [-0.25, -0.2) is 4.98 Å². The predicted octanol–water partition coefficient (Wildman–Crippen LogP) is 4.56. The molecule has 5 aromatic rings. The van der Waals surface area contributed by atoms with Gasteiger partial charge in [0.1, 0.15) is 0 Å². The molecule has 2 aromatic carbocycles. The van der Waals surface area contributed by atoms with Crippen LogP contribution in [-0.2, 0) is 0 Å². The minimum Gasteiger partial charge on any atom is -0.490 e. The van der Waals surface area contributed by atoms with Crippen molar-refractivity contribution < 1.29 is 9.47 Å². The van der Waals surface area contributed by atoms with Crippen LogP contribution >= 0.6 is 23.2 Å². The number of rotatable bonds is 2. The summed E-state index contributed by atoms with van der Waals surface area (Å²) >= 11 is 12.3. The fourth-order valence-electron chi connectivity index (χ4n) is 3.81. The summed E-state index contributed by atoms with van der Waals surface area (Å²) in [5.74, 6) is 2.20. The lowest BCUT2D eigenvalue weighted by Crippen LogP contribution is -2.19. The predicted molar refractivity (Wildman–Crippen MR) is 125 cm³/mol. The van der Waals surface area contributed by atoms with Crippen LogP contribution in [0.15, 0.2) is 59.7 Å². The van der Waals surface area contributed by atoms with E-state index in [1.54, 1.807) is 35.0 Å². The van der Waals surface area contributed by atoms with Gasteiger partial charge in [0.15, 0.2) is 17.3 Å². The smallest absolute Gasteiger partial charge is 0.266 e. The molecule has 1 aliphatic rings. The van der Waals surface area contributed by atoms with Crippen molar-refractivity contribution in [3.05, 3.63) is 75.3 Å². The number of benzene rings is 2.